The lowest BCUT2D eigenvalue weighted by Crippen LogP contribution is -2.29. The van der Waals surface area contributed by atoms with Crippen molar-refractivity contribution in [3.63, 3.8) is 0 Å². The van der Waals surface area contributed by atoms with Crippen molar-refractivity contribution in [1.82, 2.24) is 4.90 Å². The van der Waals surface area contributed by atoms with Crippen LogP contribution in [-0.4, -0.2) is 30.3 Å². The zero-order chi connectivity index (χ0) is 12.8. The fraction of sp³-hybridized carbons (Fsp3) is 0.500. The van der Waals surface area contributed by atoms with Crippen LogP contribution in [0.3, 0.4) is 0 Å². The second kappa shape index (κ2) is 6.65. The first-order valence-corrected chi connectivity index (χ1v) is 6.24. The highest BCUT2D eigenvalue weighted by Crippen LogP contribution is 2.17. The van der Waals surface area contributed by atoms with Crippen LogP contribution in [0.4, 0.5) is 0 Å². The molecular weight excluding hydrogens is 234 g/mol. The summed E-state index contributed by atoms with van der Waals surface area (Å²) in [7, 11) is 3.55. The normalized spacial score (nSPS) is 14.1. The van der Waals surface area contributed by atoms with Crippen molar-refractivity contribution in [2.45, 2.75) is 25.1 Å². The van der Waals surface area contributed by atoms with E-state index in [4.69, 9.17) is 11.6 Å². The van der Waals surface area contributed by atoms with Crippen LogP contribution >= 0.6 is 11.6 Å². The molecule has 0 aliphatic heterocycles. The predicted molar refractivity (Wildman–Crippen MR) is 71.1 cm³/mol. The highest BCUT2D eigenvalue weighted by molar-refractivity contribution is 6.20. The van der Waals surface area contributed by atoms with Gasteiger partial charge in [0.05, 0.1) is 0 Å². The van der Waals surface area contributed by atoms with Crippen LogP contribution in [-0.2, 0) is 11.2 Å². The Labute approximate surface area is 109 Å². The minimum atomic E-state index is -0.0252. The van der Waals surface area contributed by atoms with Crippen molar-refractivity contribution in [3.05, 3.63) is 35.9 Å². The van der Waals surface area contributed by atoms with E-state index in [-0.39, 0.29) is 17.2 Å². The third kappa shape index (κ3) is 4.78. The fourth-order valence-corrected chi connectivity index (χ4v) is 2.27. The van der Waals surface area contributed by atoms with Crippen molar-refractivity contribution in [3.8, 4) is 0 Å². The molecule has 1 rings (SSSR count). The topological polar surface area (TPSA) is 20.3 Å². The van der Waals surface area contributed by atoms with E-state index in [1.165, 1.54) is 5.56 Å². The lowest BCUT2D eigenvalue weighted by molar-refractivity contribution is -0.132. The molecule has 0 aliphatic rings. The zero-order valence-corrected chi connectivity index (χ0v) is 11.4. The van der Waals surface area contributed by atoms with Gasteiger partial charge in [0.1, 0.15) is 0 Å². The number of hydrogen-bond acceptors (Lipinski definition) is 1. The molecule has 1 aromatic carbocycles. The molecule has 2 atom stereocenters. The van der Waals surface area contributed by atoms with E-state index in [0.717, 1.165) is 6.42 Å². The van der Waals surface area contributed by atoms with E-state index in [2.05, 4.69) is 6.07 Å². The Bertz CT molecular complexity index is 350. The molecule has 2 unspecified atom stereocenters. The van der Waals surface area contributed by atoms with Gasteiger partial charge in [0.2, 0.25) is 5.91 Å². The SMILES string of the molecule is CC(CC(Cl)Cc1cc[c]cc1)C(=O)N(C)C. The average Bonchev–Trinajstić information content (AvgIpc) is 2.28. The maximum Gasteiger partial charge on any atom is 0.224 e. The second-order valence-electron chi connectivity index (χ2n) is 4.58. The summed E-state index contributed by atoms with van der Waals surface area (Å²) in [6.45, 7) is 1.93. The molecule has 0 spiro atoms. The molecule has 1 radical (unpaired) electrons. The Hall–Kier alpha value is -1.02. The predicted octanol–water partition coefficient (Wildman–Crippen LogP) is 2.75. The summed E-state index contributed by atoms with van der Waals surface area (Å²) < 4.78 is 0. The van der Waals surface area contributed by atoms with E-state index in [1.807, 2.05) is 31.2 Å². The summed E-state index contributed by atoms with van der Waals surface area (Å²) in [5.74, 6) is 0.111. The molecule has 2 nitrogen and oxygen atoms in total. The lowest BCUT2D eigenvalue weighted by atomic mass is 9.99. The van der Waals surface area contributed by atoms with Gasteiger partial charge in [-0.3, -0.25) is 4.79 Å². The molecule has 0 fully saturated rings. The molecule has 17 heavy (non-hydrogen) atoms. The maximum atomic E-state index is 11.7. The molecule has 0 bridgehead atoms. The van der Waals surface area contributed by atoms with Crippen molar-refractivity contribution < 1.29 is 4.79 Å². The van der Waals surface area contributed by atoms with E-state index in [9.17, 15) is 4.79 Å². The smallest absolute Gasteiger partial charge is 0.224 e. The summed E-state index contributed by atoms with van der Waals surface area (Å²) in [5.41, 5.74) is 1.19. The van der Waals surface area contributed by atoms with Gasteiger partial charge >= 0.3 is 0 Å². The van der Waals surface area contributed by atoms with Gasteiger partial charge in [-0.1, -0.05) is 31.2 Å². The molecule has 0 heterocycles. The monoisotopic (exact) mass is 252 g/mol. The minimum absolute atomic E-state index is 0.00343. The lowest BCUT2D eigenvalue weighted by Gasteiger charge is -2.19. The van der Waals surface area contributed by atoms with Crippen LogP contribution in [0.2, 0.25) is 0 Å². The van der Waals surface area contributed by atoms with Gasteiger partial charge < -0.3 is 4.90 Å². The zero-order valence-electron chi connectivity index (χ0n) is 10.6. The van der Waals surface area contributed by atoms with Crippen molar-refractivity contribution in [2.75, 3.05) is 14.1 Å². The first-order chi connectivity index (χ1) is 8.00. The first kappa shape index (κ1) is 14.0. The third-order valence-corrected chi connectivity index (χ3v) is 3.05. The Kier molecular flexibility index (Phi) is 5.49. The minimum Gasteiger partial charge on any atom is -0.349 e. The highest BCUT2D eigenvalue weighted by atomic mass is 35.5. The van der Waals surface area contributed by atoms with Gasteiger partial charge in [-0.15, -0.1) is 11.6 Å². The van der Waals surface area contributed by atoms with Crippen molar-refractivity contribution in [1.29, 1.82) is 0 Å². The summed E-state index contributed by atoms with van der Waals surface area (Å²) in [5, 5.41) is -0.00343. The molecule has 1 amide bonds. The number of carbonyl (C=O) groups excluding carboxylic acids is 1. The number of rotatable bonds is 5. The molecule has 0 saturated heterocycles. The van der Waals surface area contributed by atoms with Gasteiger partial charge in [0.25, 0.3) is 0 Å². The van der Waals surface area contributed by atoms with Crippen LogP contribution in [0.5, 0.6) is 0 Å². The Morgan fingerprint density at radius 2 is 2.00 bits per heavy atom. The van der Waals surface area contributed by atoms with Crippen molar-refractivity contribution >= 4 is 17.5 Å². The quantitative estimate of drug-likeness (QED) is 0.738. The maximum absolute atomic E-state index is 11.7. The van der Waals surface area contributed by atoms with E-state index >= 15 is 0 Å². The highest BCUT2D eigenvalue weighted by Gasteiger charge is 2.19. The standard InChI is InChI=1S/C14H19ClNO/c1-11(14(17)16(2)3)9-13(15)10-12-7-5-4-6-8-12/h5-8,11,13H,9-10H2,1-3H3. The molecule has 93 valence electrons. The Morgan fingerprint density at radius 1 is 1.41 bits per heavy atom. The molecule has 0 aromatic heterocycles. The van der Waals surface area contributed by atoms with Gasteiger partial charge in [-0.05, 0) is 24.5 Å². The Balaban J connectivity index is 2.45. The van der Waals surface area contributed by atoms with E-state index in [0.29, 0.717) is 6.42 Å². The molecule has 0 N–H and O–H groups in total. The summed E-state index contributed by atoms with van der Waals surface area (Å²) in [6, 6.07) is 10.8. The number of hydrogen-bond donors (Lipinski definition) is 0. The number of benzene rings is 1. The number of halogens is 1. The molecule has 3 heteroatoms. The van der Waals surface area contributed by atoms with Gasteiger partial charge in [-0.2, -0.15) is 0 Å². The average molecular weight is 253 g/mol. The van der Waals surface area contributed by atoms with Gasteiger partial charge in [0, 0.05) is 25.4 Å². The van der Waals surface area contributed by atoms with Crippen LogP contribution < -0.4 is 0 Å². The first-order valence-electron chi connectivity index (χ1n) is 5.81. The van der Waals surface area contributed by atoms with E-state index < -0.39 is 0 Å². The summed E-state index contributed by atoms with van der Waals surface area (Å²) >= 11 is 6.28. The van der Waals surface area contributed by atoms with Crippen LogP contribution in [0.15, 0.2) is 24.3 Å². The molecular formula is C14H19ClNO. The Morgan fingerprint density at radius 3 is 2.53 bits per heavy atom. The van der Waals surface area contributed by atoms with Crippen LogP contribution in [0.1, 0.15) is 18.9 Å². The summed E-state index contributed by atoms with van der Waals surface area (Å²) in [4.78, 5) is 13.3. The largest absolute Gasteiger partial charge is 0.349 e. The summed E-state index contributed by atoms with van der Waals surface area (Å²) in [6.07, 6.45) is 1.50. The number of alkyl halides is 1. The molecule has 0 aliphatic carbocycles. The number of nitrogens with zero attached hydrogens (tertiary/aromatic N) is 1. The second-order valence-corrected chi connectivity index (χ2v) is 5.20. The van der Waals surface area contributed by atoms with Gasteiger partial charge in [-0.25, -0.2) is 0 Å². The van der Waals surface area contributed by atoms with Crippen LogP contribution in [0.25, 0.3) is 0 Å². The van der Waals surface area contributed by atoms with Crippen LogP contribution in [0, 0.1) is 12.0 Å². The molecule has 1 aromatic rings. The number of amides is 1. The van der Waals surface area contributed by atoms with Gasteiger partial charge in [0.15, 0.2) is 0 Å². The number of carbonyl (C=O) groups is 1. The fourth-order valence-electron chi connectivity index (χ4n) is 1.82. The van der Waals surface area contributed by atoms with E-state index in [1.54, 1.807) is 19.0 Å². The third-order valence-electron chi connectivity index (χ3n) is 2.72. The molecule has 0 saturated carbocycles. The van der Waals surface area contributed by atoms with Crippen molar-refractivity contribution in [2.24, 2.45) is 5.92 Å².